The monoisotopic (exact) mass is 292 g/mol. The normalized spacial score (nSPS) is 10.9. The zero-order valence-electron chi connectivity index (χ0n) is 8.79. The molecule has 1 aromatic heterocycles. The smallest absolute Gasteiger partial charge is 0.236 e. The van der Waals surface area contributed by atoms with E-state index in [-0.39, 0.29) is 0 Å². The first kappa shape index (κ1) is 11.6. The Kier molecular flexibility index (Phi) is 3.39. The summed E-state index contributed by atoms with van der Waals surface area (Å²) in [6.07, 6.45) is 4.27. The van der Waals surface area contributed by atoms with Gasteiger partial charge >= 0.3 is 0 Å². The number of nitrogens with zero attached hydrogens (tertiary/aromatic N) is 2. The number of nitro groups is 1. The van der Waals surface area contributed by atoms with Crippen molar-refractivity contribution < 1.29 is 4.92 Å². The molecule has 0 amide bonds. The van der Waals surface area contributed by atoms with Crippen LogP contribution in [0.25, 0.3) is 11.8 Å². The average Bonchev–Trinajstić information content (AvgIpc) is 2.75. The van der Waals surface area contributed by atoms with E-state index in [0.717, 1.165) is 22.1 Å². The molecule has 2 rings (SSSR count). The van der Waals surface area contributed by atoms with Crippen LogP contribution in [0, 0.1) is 10.1 Å². The summed E-state index contributed by atoms with van der Waals surface area (Å²) in [6, 6.07) is 11.4. The molecular formula is C12H9BrN2O2. The Hall–Kier alpha value is -1.88. The van der Waals surface area contributed by atoms with Gasteiger partial charge in [0, 0.05) is 22.4 Å². The highest BCUT2D eigenvalue weighted by molar-refractivity contribution is 9.10. The minimum Gasteiger partial charge on any atom is -0.317 e. The van der Waals surface area contributed by atoms with Gasteiger partial charge in [-0.3, -0.25) is 10.1 Å². The van der Waals surface area contributed by atoms with Gasteiger partial charge in [0.15, 0.2) is 0 Å². The van der Waals surface area contributed by atoms with E-state index in [1.165, 1.54) is 6.08 Å². The van der Waals surface area contributed by atoms with Crippen LogP contribution in [0.2, 0.25) is 0 Å². The van der Waals surface area contributed by atoms with Gasteiger partial charge in [-0.25, -0.2) is 0 Å². The summed E-state index contributed by atoms with van der Waals surface area (Å²) in [5.41, 5.74) is 1.73. The minimum absolute atomic E-state index is 0.473. The maximum atomic E-state index is 10.3. The minimum atomic E-state index is -0.473. The molecule has 5 heteroatoms. The molecule has 0 radical (unpaired) electrons. The van der Waals surface area contributed by atoms with Gasteiger partial charge in [0.05, 0.1) is 10.6 Å². The predicted molar refractivity (Wildman–Crippen MR) is 69.5 cm³/mol. The SMILES string of the molecule is O=[N+]([O-])/C=C/c1cccn1-c1ccc(Br)cc1. The maximum Gasteiger partial charge on any atom is 0.236 e. The van der Waals surface area contributed by atoms with Crippen LogP contribution in [-0.4, -0.2) is 9.49 Å². The van der Waals surface area contributed by atoms with Crippen LogP contribution >= 0.6 is 15.9 Å². The molecule has 0 saturated carbocycles. The molecule has 17 heavy (non-hydrogen) atoms. The van der Waals surface area contributed by atoms with Gasteiger partial charge in [-0.05, 0) is 36.4 Å². The van der Waals surface area contributed by atoms with Crippen LogP contribution in [-0.2, 0) is 0 Å². The van der Waals surface area contributed by atoms with Crippen molar-refractivity contribution in [2.24, 2.45) is 0 Å². The Labute approximate surface area is 106 Å². The lowest BCUT2D eigenvalue weighted by Crippen LogP contribution is -1.94. The second kappa shape index (κ2) is 4.97. The van der Waals surface area contributed by atoms with Crippen LogP contribution in [0.5, 0.6) is 0 Å². The van der Waals surface area contributed by atoms with E-state index in [2.05, 4.69) is 15.9 Å². The van der Waals surface area contributed by atoms with Gasteiger partial charge in [0.1, 0.15) is 0 Å². The Bertz CT molecular complexity index is 558. The molecule has 0 atom stereocenters. The average molecular weight is 293 g/mol. The van der Waals surface area contributed by atoms with Crippen molar-refractivity contribution in [2.75, 3.05) is 0 Å². The molecule has 0 aliphatic carbocycles. The summed E-state index contributed by atoms with van der Waals surface area (Å²) >= 11 is 3.36. The summed E-state index contributed by atoms with van der Waals surface area (Å²) in [5.74, 6) is 0. The van der Waals surface area contributed by atoms with Crippen LogP contribution < -0.4 is 0 Å². The first-order chi connectivity index (χ1) is 8.16. The van der Waals surface area contributed by atoms with Gasteiger partial charge in [0.2, 0.25) is 6.20 Å². The molecule has 4 nitrogen and oxygen atoms in total. The third kappa shape index (κ3) is 2.82. The van der Waals surface area contributed by atoms with E-state index in [9.17, 15) is 10.1 Å². The molecule has 0 bridgehead atoms. The van der Waals surface area contributed by atoms with Gasteiger partial charge < -0.3 is 4.57 Å². The summed E-state index contributed by atoms with van der Waals surface area (Å²) in [6.45, 7) is 0. The predicted octanol–water partition coefficient (Wildman–Crippen LogP) is 3.49. The van der Waals surface area contributed by atoms with Gasteiger partial charge in [-0.2, -0.15) is 0 Å². The molecule has 0 aliphatic heterocycles. The van der Waals surface area contributed by atoms with Crippen LogP contribution in [0.3, 0.4) is 0 Å². The maximum absolute atomic E-state index is 10.3. The third-order valence-electron chi connectivity index (χ3n) is 2.25. The molecular weight excluding hydrogens is 284 g/mol. The molecule has 0 unspecified atom stereocenters. The van der Waals surface area contributed by atoms with E-state index >= 15 is 0 Å². The van der Waals surface area contributed by atoms with Crippen molar-refractivity contribution in [3.8, 4) is 5.69 Å². The first-order valence-corrected chi connectivity index (χ1v) is 5.71. The standard InChI is InChI=1S/C12H9BrN2O2/c13-10-3-5-12(6-4-10)14-8-1-2-11(14)7-9-15(16)17/h1-9H/b9-7+. The number of hydrogen-bond donors (Lipinski definition) is 0. The van der Waals surface area contributed by atoms with E-state index in [1.807, 2.05) is 47.2 Å². The highest BCUT2D eigenvalue weighted by Crippen LogP contribution is 2.17. The lowest BCUT2D eigenvalue weighted by atomic mass is 10.3. The molecule has 2 aromatic rings. The molecule has 0 N–H and O–H groups in total. The van der Waals surface area contributed by atoms with Crippen molar-refractivity contribution in [1.29, 1.82) is 0 Å². The van der Waals surface area contributed by atoms with Crippen molar-refractivity contribution >= 4 is 22.0 Å². The second-order valence-electron chi connectivity index (χ2n) is 3.38. The number of benzene rings is 1. The summed E-state index contributed by atoms with van der Waals surface area (Å²) in [7, 11) is 0. The van der Waals surface area contributed by atoms with Crippen LogP contribution in [0.15, 0.2) is 53.3 Å². The Morgan fingerprint density at radius 3 is 2.59 bits per heavy atom. The molecule has 86 valence electrons. The summed E-state index contributed by atoms with van der Waals surface area (Å²) < 4.78 is 2.88. The lowest BCUT2D eigenvalue weighted by molar-refractivity contribution is -0.401. The molecule has 1 heterocycles. The quantitative estimate of drug-likeness (QED) is 0.642. The van der Waals surface area contributed by atoms with Crippen molar-refractivity contribution in [3.63, 3.8) is 0 Å². The molecule has 1 aromatic carbocycles. The van der Waals surface area contributed by atoms with Gasteiger partial charge in [-0.1, -0.05) is 15.9 Å². The van der Waals surface area contributed by atoms with E-state index in [1.54, 1.807) is 0 Å². The van der Waals surface area contributed by atoms with Crippen LogP contribution in [0.1, 0.15) is 5.69 Å². The Morgan fingerprint density at radius 2 is 1.94 bits per heavy atom. The summed E-state index contributed by atoms with van der Waals surface area (Å²) in [4.78, 5) is 9.82. The Morgan fingerprint density at radius 1 is 1.24 bits per heavy atom. The van der Waals surface area contributed by atoms with Crippen molar-refractivity contribution in [2.45, 2.75) is 0 Å². The largest absolute Gasteiger partial charge is 0.317 e. The molecule has 0 spiro atoms. The number of hydrogen-bond acceptors (Lipinski definition) is 2. The lowest BCUT2D eigenvalue weighted by Gasteiger charge is -2.05. The van der Waals surface area contributed by atoms with Crippen molar-refractivity contribution in [1.82, 2.24) is 4.57 Å². The van der Waals surface area contributed by atoms with E-state index in [0.29, 0.717) is 0 Å². The number of rotatable bonds is 3. The molecule has 0 fully saturated rings. The summed E-state index contributed by atoms with van der Waals surface area (Å²) in [5, 5.41) is 10.3. The highest BCUT2D eigenvalue weighted by atomic mass is 79.9. The fourth-order valence-corrected chi connectivity index (χ4v) is 1.77. The van der Waals surface area contributed by atoms with Crippen LogP contribution in [0.4, 0.5) is 0 Å². The third-order valence-corrected chi connectivity index (χ3v) is 2.78. The molecule has 0 saturated heterocycles. The zero-order valence-corrected chi connectivity index (χ0v) is 10.4. The fraction of sp³-hybridized carbons (Fsp3) is 0. The first-order valence-electron chi connectivity index (χ1n) is 4.92. The Balaban J connectivity index is 2.36. The molecule has 0 aliphatic rings. The second-order valence-corrected chi connectivity index (χ2v) is 4.30. The highest BCUT2D eigenvalue weighted by Gasteiger charge is 2.01. The van der Waals surface area contributed by atoms with Gasteiger partial charge in [0.25, 0.3) is 0 Å². The zero-order chi connectivity index (χ0) is 12.3. The van der Waals surface area contributed by atoms with E-state index < -0.39 is 4.92 Å². The van der Waals surface area contributed by atoms with Crippen molar-refractivity contribution in [3.05, 3.63) is 69.1 Å². The topological polar surface area (TPSA) is 48.1 Å². The number of halogens is 1. The van der Waals surface area contributed by atoms with Gasteiger partial charge in [-0.15, -0.1) is 0 Å². The fourth-order valence-electron chi connectivity index (χ4n) is 1.50. The number of aromatic nitrogens is 1. The van der Waals surface area contributed by atoms with E-state index in [4.69, 9.17) is 0 Å².